The van der Waals surface area contributed by atoms with Crippen LogP contribution in [-0.4, -0.2) is 4.98 Å². The van der Waals surface area contributed by atoms with Crippen LogP contribution < -0.4 is 0 Å². The zero-order valence-corrected chi connectivity index (χ0v) is 12.1. The summed E-state index contributed by atoms with van der Waals surface area (Å²) in [7, 11) is 0. The van der Waals surface area contributed by atoms with Gasteiger partial charge in [-0.3, -0.25) is 0 Å². The molecule has 1 aromatic heterocycles. The van der Waals surface area contributed by atoms with Crippen molar-refractivity contribution in [3.8, 4) is 11.3 Å². The first-order chi connectivity index (χ1) is 7.20. The average molecular weight is 388 g/mol. The Kier molecular flexibility index (Phi) is 4.40. The van der Waals surface area contributed by atoms with Gasteiger partial charge in [-0.15, -0.1) is 34.4 Å². The number of hydrogen-bond acceptors (Lipinski definition) is 1. The molecular formula is C14H14IrN-. The third-order valence-corrected chi connectivity index (χ3v) is 2.88. The van der Waals surface area contributed by atoms with E-state index in [-0.39, 0.29) is 20.1 Å². The Morgan fingerprint density at radius 1 is 1.06 bits per heavy atom. The van der Waals surface area contributed by atoms with Gasteiger partial charge in [-0.1, -0.05) is 32.9 Å². The molecule has 16 heavy (non-hydrogen) atoms. The van der Waals surface area contributed by atoms with Crippen LogP contribution in [0.1, 0.15) is 16.7 Å². The minimum absolute atomic E-state index is 0. The number of benzene rings is 1. The standard InChI is InChI=1S/C14H14N.Ir/c1-10-7-8-13(12(3)11(10)2)14-6-4-5-9-15-14;/h4-7,9H,1-3H3;/q-1;. The van der Waals surface area contributed by atoms with E-state index in [1.165, 1.54) is 16.7 Å². The van der Waals surface area contributed by atoms with Gasteiger partial charge in [0, 0.05) is 26.3 Å². The Hall–Kier alpha value is -0.981. The summed E-state index contributed by atoms with van der Waals surface area (Å²) < 4.78 is 0. The quantitative estimate of drug-likeness (QED) is 0.682. The van der Waals surface area contributed by atoms with Crippen LogP contribution in [0.5, 0.6) is 0 Å². The SMILES string of the molecule is Cc1c[c-]c(-c2ccccn2)c(C)c1C.[Ir]. The second-order valence-electron chi connectivity index (χ2n) is 3.81. The van der Waals surface area contributed by atoms with Gasteiger partial charge in [0.2, 0.25) is 0 Å². The van der Waals surface area contributed by atoms with Crippen LogP contribution in [0, 0.1) is 26.8 Å². The van der Waals surface area contributed by atoms with Crippen LogP contribution in [0.4, 0.5) is 0 Å². The predicted molar refractivity (Wildman–Crippen MR) is 62.7 cm³/mol. The predicted octanol–water partition coefficient (Wildman–Crippen LogP) is 3.47. The fraction of sp³-hybridized carbons (Fsp3) is 0.214. The summed E-state index contributed by atoms with van der Waals surface area (Å²) in [5.41, 5.74) is 5.99. The number of aryl methyl sites for hydroxylation is 1. The number of rotatable bonds is 1. The van der Waals surface area contributed by atoms with Gasteiger partial charge in [0.1, 0.15) is 0 Å². The van der Waals surface area contributed by atoms with E-state index in [4.69, 9.17) is 0 Å². The molecule has 0 aliphatic carbocycles. The maximum atomic E-state index is 4.35. The van der Waals surface area contributed by atoms with Crippen LogP contribution in [0.2, 0.25) is 0 Å². The van der Waals surface area contributed by atoms with Crippen LogP contribution in [0.15, 0.2) is 30.5 Å². The maximum Gasteiger partial charge on any atom is 0.0160 e. The molecule has 1 nitrogen and oxygen atoms in total. The first kappa shape index (κ1) is 13.1. The topological polar surface area (TPSA) is 12.9 Å². The van der Waals surface area contributed by atoms with Crippen molar-refractivity contribution in [1.29, 1.82) is 0 Å². The summed E-state index contributed by atoms with van der Waals surface area (Å²) in [5, 5.41) is 0. The fourth-order valence-electron chi connectivity index (χ4n) is 1.66. The molecule has 1 heterocycles. The second-order valence-corrected chi connectivity index (χ2v) is 3.81. The molecule has 0 saturated carbocycles. The molecule has 2 rings (SSSR count). The van der Waals surface area contributed by atoms with Crippen molar-refractivity contribution in [3.63, 3.8) is 0 Å². The van der Waals surface area contributed by atoms with E-state index in [9.17, 15) is 0 Å². The van der Waals surface area contributed by atoms with Gasteiger partial charge in [0.25, 0.3) is 0 Å². The molecule has 0 fully saturated rings. The van der Waals surface area contributed by atoms with Crippen molar-refractivity contribution in [3.05, 3.63) is 53.2 Å². The zero-order valence-electron chi connectivity index (χ0n) is 9.67. The summed E-state index contributed by atoms with van der Waals surface area (Å²) in [6, 6.07) is 11.3. The fourth-order valence-corrected chi connectivity index (χ4v) is 1.66. The maximum absolute atomic E-state index is 4.35. The molecular weight excluding hydrogens is 374 g/mol. The van der Waals surface area contributed by atoms with Crippen molar-refractivity contribution in [2.24, 2.45) is 0 Å². The van der Waals surface area contributed by atoms with Crippen LogP contribution in [0.25, 0.3) is 11.3 Å². The monoisotopic (exact) mass is 389 g/mol. The Balaban J connectivity index is 0.00000128. The van der Waals surface area contributed by atoms with E-state index in [0.717, 1.165) is 11.3 Å². The van der Waals surface area contributed by atoms with Crippen molar-refractivity contribution < 1.29 is 20.1 Å². The third kappa shape index (κ3) is 2.40. The second kappa shape index (κ2) is 5.38. The van der Waals surface area contributed by atoms with E-state index in [1.807, 2.05) is 30.5 Å². The normalized spacial score (nSPS) is 9.69. The van der Waals surface area contributed by atoms with Crippen LogP contribution in [0.3, 0.4) is 0 Å². The molecule has 0 bridgehead atoms. The average Bonchev–Trinajstić information content (AvgIpc) is 2.27. The smallest absolute Gasteiger partial charge is 0.0160 e. The van der Waals surface area contributed by atoms with Gasteiger partial charge in [-0.2, -0.15) is 0 Å². The van der Waals surface area contributed by atoms with Gasteiger partial charge in [0.05, 0.1) is 0 Å². The molecule has 0 spiro atoms. The Labute approximate surface area is 110 Å². The van der Waals surface area contributed by atoms with E-state index in [0.29, 0.717) is 0 Å². The summed E-state index contributed by atoms with van der Waals surface area (Å²) in [6.07, 6.45) is 1.82. The van der Waals surface area contributed by atoms with Crippen molar-refractivity contribution in [1.82, 2.24) is 4.98 Å². The number of pyridine rings is 1. The van der Waals surface area contributed by atoms with E-state index in [2.05, 4.69) is 31.8 Å². The Bertz CT molecular complexity index is 478. The summed E-state index contributed by atoms with van der Waals surface area (Å²) in [4.78, 5) is 4.35. The van der Waals surface area contributed by atoms with Crippen molar-refractivity contribution in [2.45, 2.75) is 20.8 Å². The molecule has 0 aliphatic heterocycles. The molecule has 85 valence electrons. The van der Waals surface area contributed by atoms with Crippen molar-refractivity contribution >= 4 is 0 Å². The number of hydrogen-bond donors (Lipinski definition) is 0. The largest absolute Gasteiger partial charge is 0.305 e. The van der Waals surface area contributed by atoms with Crippen LogP contribution in [-0.2, 0) is 20.1 Å². The minimum atomic E-state index is 0. The molecule has 0 aliphatic rings. The number of nitrogens with zero attached hydrogens (tertiary/aromatic N) is 1. The summed E-state index contributed by atoms with van der Waals surface area (Å²) >= 11 is 0. The molecule has 1 aromatic carbocycles. The van der Waals surface area contributed by atoms with Gasteiger partial charge < -0.3 is 4.98 Å². The van der Waals surface area contributed by atoms with Gasteiger partial charge in [-0.05, 0) is 11.8 Å². The van der Waals surface area contributed by atoms with E-state index in [1.54, 1.807) is 0 Å². The molecule has 0 N–H and O–H groups in total. The van der Waals surface area contributed by atoms with E-state index >= 15 is 0 Å². The van der Waals surface area contributed by atoms with E-state index < -0.39 is 0 Å². The van der Waals surface area contributed by atoms with Gasteiger partial charge >= 0.3 is 0 Å². The first-order valence-electron chi connectivity index (χ1n) is 5.10. The Morgan fingerprint density at radius 2 is 1.81 bits per heavy atom. The van der Waals surface area contributed by atoms with Gasteiger partial charge in [0.15, 0.2) is 0 Å². The molecule has 0 atom stereocenters. The third-order valence-electron chi connectivity index (χ3n) is 2.88. The zero-order chi connectivity index (χ0) is 10.8. The van der Waals surface area contributed by atoms with Crippen LogP contribution >= 0.6 is 0 Å². The molecule has 2 heteroatoms. The molecule has 0 saturated heterocycles. The summed E-state index contributed by atoms with van der Waals surface area (Å²) in [5.74, 6) is 0. The minimum Gasteiger partial charge on any atom is -0.305 e. The molecule has 2 aromatic rings. The molecule has 1 radical (unpaired) electrons. The van der Waals surface area contributed by atoms with Crippen molar-refractivity contribution in [2.75, 3.05) is 0 Å². The first-order valence-corrected chi connectivity index (χ1v) is 5.10. The molecule has 0 unspecified atom stereocenters. The number of aromatic nitrogens is 1. The summed E-state index contributed by atoms with van der Waals surface area (Å²) in [6.45, 7) is 6.38. The Morgan fingerprint density at radius 3 is 2.44 bits per heavy atom. The van der Waals surface area contributed by atoms with Gasteiger partial charge in [-0.25, -0.2) is 0 Å². The molecule has 0 amide bonds.